The van der Waals surface area contributed by atoms with Crippen molar-refractivity contribution in [3.63, 3.8) is 0 Å². The van der Waals surface area contributed by atoms with Crippen LogP contribution in [0.25, 0.3) is 0 Å². The molecule has 20 heavy (non-hydrogen) atoms. The zero-order valence-electron chi connectivity index (χ0n) is 12.6. The van der Waals surface area contributed by atoms with Gasteiger partial charge in [-0.25, -0.2) is 0 Å². The van der Waals surface area contributed by atoms with Gasteiger partial charge < -0.3 is 19.5 Å². The molecule has 1 aliphatic rings. The molecule has 1 saturated heterocycles. The van der Waals surface area contributed by atoms with Gasteiger partial charge in [0.1, 0.15) is 5.75 Å². The van der Waals surface area contributed by atoms with Crippen molar-refractivity contribution in [3.05, 3.63) is 29.3 Å². The second kappa shape index (κ2) is 7.07. The normalized spacial score (nSPS) is 18.2. The van der Waals surface area contributed by atoms with E-state index in [1.165, 1.54) is 0 Å². The Labute approximate surface area is 121 Å². The molecular formula is C16H25NO3. The summed E-state index contributed by atoms with van der Waals surface area (Å²) in [6.45, 7) is 4.28. The van der Waals surface area contributed by atoms with Crippen LogP contribution in [0, 0.1) is 6.92 Å². The quantitative estimate of drug-likeness (QED) is 0.897. The van der Waals surface area contributed by atoms with E-state index in [1.54, 1.807) is 7.11 Å². The third kappa shape index (κ3) is 3.72. The zero-order valence-corrected chi connectivity index (χ0v) is 12.6. The number of aliphatic hydroxyl groups excluding tert-OH is 1. The van der Waals surface area contributed by atoms with Crippen molar-refractivity contribution in [2.24, 2.45) is 0 Å². The van der Waals surface area contributed by atoms with Gasteiger partial charge in [-0.2, -0.15) is 0 Å². The number of likely N-dealkylation sites (N-methyl/N-ethyl adjacent to an activating group) is 1. The lowest BCUT2D eigenvalue weighted by Crippen LogP contribution is -2.39. The number of methoxy groups -OCH3 is 1. The van der Waals surface area contributed by atoms with Gasteiger partial charge in [0.15, 0.2) is 0 Å². The monoisotopic (exact) mass is 279 g/mol. The van der Waals surface area contributed by atoms with Crippen LogP contribution in [0.2, 0.25) is 0 Å². The lowest BCUT2D eigenvalue weighted by molar-refractivity contribution is 0.0249. The molecular weight excluding hydrogens is 254 g/mol. The second-order valence-corrected chi connectivity index (χ2v) is 5.54. The summed E-state index contributed by atoms with van der Waals surface area (Å²) < 4.78 is 10.7. The Bertz CT molecular complexity index is 430. The van der Waals surface area contributed by atoms with Gasteiger partial charge in [0.2, 0.25) is 0 Å². The Morgan fingerprint density at radius 1 is 1.40 bits per heavy atom. The van der Waals surface area contributed by atoms with Crippen LogP contribution in [-0.4, -0.2) is 50.0 Å². The first-order valence-corrected chi connectivity index (χ1v) is 7.22. The predicted octanol–water partition coefficient (Wildman–Crippen LogP) is 2.15. The van der Waals surface area contributed by atoms with Crippen LogP contribution in [0.1, 0.15) is 30.1 Å². The molecule has 0 aliphatic carbocycles. The Kier molecular flexibility index (Phi) is 5.40. The largest absolute Gasteiger partial charge is 0.496 e. The molecule has 1 N–H and O–H groups in total. The summed E-state index contributed by atoms with van der Waals surface area (Å²) in [5, 5.41) is 10.5. The van der Waals surface area contributed by atoms with Crippen molar-refractivity contribution < 1.29 is 14.6 Å². The van der Waals surface area contributed by atoms with Crippen molar-refractivity contribution in [3.8, 4) is 5.75 Å². The van der Waals surface area contributed by atoms with Gasteiger partial charge in [0.25, 0.3) is 0 Å². The van der Waals surface area contributed by atoms with E-state index in [0.29, 0.717) is 12.6 Å². The molecule has 0 aromatic heterocycles. The topological polar surface area (TPSA) is 41.9 Å². The Balaban J connectivity index is 2.03. The molecule has 4 nitrogen and oxygen atoms in total. The van der Waals surface area contributed by atoms with Gasteiger partial charge in [-0.3, -0.25) is 0 Å². The first-order valence-electron chi connectivity index (χ1n) is 7.22. The van der Waals surface area contributed by atoms with Crippen LogP contribution < -0.4 is 4.74 Å². The summed E-state index contributed by atoms with van der Waals surface area (Å²) in [7, 11) is 3.71. The van der Waals surface area contributed by atoms with Gasteiger partial charge in [0, 0.05) is 31.4 Å². The minimum Gasteiger partial charge on any atom is -0.496 e. The highest BCUT2D eigenvalue weighted by atomic mass is 16.5. The number of hydrogen-bond donors (Lipinski definition) is 1. The van der Waals surface area contributed by atoms with Gasteiger partial charge >= 0.3 is 0 Å². The van der Waals surface area contributed by atoms with Crippen molar-refractivity contribution in [2.75, 3.05) is 33.9 Å². The summed E-state index contributed by atoms with van der Waals surface area (Å²) in [4.78, 5) is 2.23. The summed E-state index contributed by atoms with van der Waals surface area (Å²) in [6, 6.07) is 6.41. The van der Waals surface area contributed by atoms with Crippen molar-refractivity contribution in [1.29, 1.82) is 0 Å². The van der Waals surface area contributed by atoms with E-state index in [2.05, 4.69) is 11.9 Å². The molecule has 0 saturated carbocycles. The smallest absolute Gasteiger partial charge is 0.124 e. The highest BCUT2D eigenvalue weighted by molar-refractivity contribution is 5.38. The maximum atomic E-state index is 10.5. The van der Waals surface area contributed by atoms with Crippen LogP contribution in [0.4, 0.5) is 0 Å². The molecule has 1 heterocycles. The van der Waals surface area contributed by atoms with E-state index in [1.807, 2.05) is 25.1 Å². The summed E-state index contributed by atoms with van der Waals surface area (Å²) in [6.07, 6.45) is 1.54. The second-order valence-electron chi connectivity index (χ2n) is 5.54. The molecule has 1 unspecified atom stereocenters. The number of rotatable bonds is 5. The zero-order chi connectivity index (χ0) is 14.5. The molecule has 0 spiro atoms. The van der Waals surface area contributed by atoms with Gasteiger partial charge in [0.05, 0.1) is 13.2 Å². The molecule has 1 aromatic carbocycles. The average molecular weight is 279 g/mol. The van der Waals surface area contributed by atoms with Gasteiger partial charge in [-0.1, -0.05) is 11.6 Å². The van der Waals surface area contributed by atoms with Crippen LogP contribution in [0.3, 0.4) is 0 Å². The van der Waals surface area contributed by atoms with E-state index in [-0.39, 0.29) is 0 Å². The van der Waals surface area contributed by atoms with Crippen LogP contribution >= 0.6 is 0 Å². The van der Waals surface area contributed by atoms with E-state index < -0.39 is 6.10 Å². The molecule has 112 valence electrons. The molecule has 0 radical (unpaired) electrons. The standard InChI is InChI=1S/C16H25NO3/c1-12-4-5-16(19-3)14(10-12)15(18)11-17(2)13-6-8-20-9-7-13/h4-5,10,13,15,18H,6-9,11H2,1-3H3. The summed E-state index contributed by atoms with van der Waals surface area (Å²) in [5.74, 6) is 0.753. The molecule has 0 bridgehead atoms. The average Bonchev–Trinajstić information content (AvgIpc) is 2.48. The first-order chi connectivity index (χ1) is 9.61. The summed E-state index contributed by atoms with van der Waals surface area (Å²) in [5.41, 5.74) is 2.00. The maximum Gasteiger partial charge on any atom is 0.124 e. The fraction of sp³-hybridized carbons (Fsp3) is 0.625. The van der Waals surface area contributed by atoms with Crippen molar-refractivity contribution >= 4 is 0 Å². The molecule has 2 rings (SSSR count). The highest BCUT2D eigenvalue weighted by Crippen LogP contribution is 2.27. The highest BCUT2D eigenvalue weighted by Gasteiger charge is 2.22. The molecule has 1 atom stereocenters. The van der Waals surface area contributed by atoms with E-state index >= 15 is 0 Å². The lowest BCUT2D eigenvalue weighted by atomic mass is 10.0. The fourth-order valence-electron chi connectivity index (χ4n) is 2.76. The van der Waals surface area contributed by atoms with E-state index in [0.717, 1.165) is 42.9 Å². The summed E-state index contributed by atoms with van der Waals surface area (Å²) >= 11 is 0. The number of benzene rings is 1. The van der Waals surface area contributed by atoms with Crippen LogP contribution in [0.5, 0.6) is 5.75 Å². The molecule has 1 fully saturated rings. The van der Waals surface area contributed by atoms with E-state index in [4.69, 9.17) is 9.47 Å². The van der Waals surface area contributed by atoms with E-state index in [9.17, 15) is 5.11 Å². The Hall–Kier alpha value is -1.10. The minimum absolute atomic E-state index is 0.495. The predicted molar refractivity (Wildman–Crippen MR) is 79.2 cm³/mol. The first kappa shape index (κ1) is 15.3. The van der Waals surface area contributed by atoms with Crippen molar-refractivity contribution in [1.82, 2.24) is 4.90 Å². The SMILES string of the molecule is COc1ccc(C)cc1C(O)CN(C)C1CCOCC1. The Morgan fingerprint density at radius 2 is 2.10 bits per heavy atom. The fourth-order valence-corrected chi connectivity index (χ4v) is 2.76. The maximum absolute atomic E-state index is 10.5. The third-order valence-corrected chi connectivity index (χ3v) is 4.02. The number of aryl methyl sites for hydroxylation is 1. The minimum atomic E-state index is -0.530. The lowest BCUT2D eigenvalue weighted by Gasteiger charge is -2.32. The molecule has 4 heteroatoms. The number of nitrogens with zero attached hydrogens (tertiary/aromatic N) is 1. The molecule has 1 aliphatic heterocycles. The molecule has 1 aromatic rings. The number of aliphatic hydroxyl groups is 1. The molecule has 0 amide bonds. The third-order valence-electron chi connectivity index (χ3n) is 4.02. The number of ether oxygens (including phenoxy) is 2. The van der Waals surface area contributed by atoms with Crippen LogP contribution in [0.15, 0.2) is 18.2 Å². The number of hydrogen-bond acceptors (Lipinski definition) is 4. The van der Waals surface area contributed by atoms with Gasteiger partial charge in [-0.15, -0.1) is 0 Å². The Morgan fingerprint density at radius 3 is 2.75 bits per heavy atom. The van der Waals surface area contributed by atoms with Gasteiger partial charge in [-0.05, 0) is 38.9 Å². The van der Waals surface area contributed by atoms with Crippen molar-refractivity contribution in [2.45, 2.75) is 31.9 Å². The van der Waals surface area contributed by atoms with Crippen LogP contribution in [-0.2, 0) is 4.74 Å².